The fourth-order valence-corrected chi connectivity index (χ4v) is 4.45. The lowest BCUT2D eigenvalue weighted by molar-refractivity contribution is -0.130. The molecule has 1 aromatic heterocycles. The van der Waals surface area contributed by atoms with E-state index in [9.17, 15) is 18.4 Å². The van der Waals surface area contributed by atoms with Gasteiger partial charge in [-0.3, -0.25) is 19.4 Å². The van der Waals surface area contributed by atoms with E-state index in [0.717, 1.165) is 6.20 Å². The summed E-state index contributed by atoms with van der Waals surface area (Å²) in [7, 11) is 0. The average Bonchev–Trinajstić information content (AvgIpc) is 3.14. The molecular weight excluding hydrogens is 442 g/mol. The smallest absolute Gasteiger partial charge is 0.228 e. The predicted octanol–water partition coefficient (Wildman–Crippen LogP) is 3.11. The van der Waals surface area contributed by atoms with Crippen molar-refractivity contribution in [3.05, 3.63) is 47.2 Å². The number of anilines is 2. The van der Waals surface area contributed by atoms with Gasteiger partial charge in [-0.05, 0) is 31.9 Å². The molecule has 4 rings (SSSR count). The van der Waals surface area contributed by atoms with Crippen molar-refractivity contribution in [3.8, 4) is 0 Å². The van der Waals surface area contributed by atoms with Crippen LogP contribution in [0.3, 0.4) is 0 Å². The number of nitrogens with zero attached hydrogens (tertiary/aromatic N) is 5. The van der Waals surface area contributed by atoms with Gasteiger partial charge in [0.05, 0.1) is 12.2 Å². The van der Waals surface area contributed by atoms with Crippen molar-refractivity contribution in [1.82, 2.24) is 19.8 Å². The summed E-state index contributed by atoms with van der Waals surface area (Å²) in [6, 6.07) is 4.62. The van der Waals surface area contributed by atoms with Gasteiger partial charge in [0.25, 0.3) is 0 Å². The normalized spacial score (nSPS) is 20.0. The summed E-state index contributed by atoms with van der Waals surface area (Å²) in [5, 5.41) is 3.08. The molecule has 2 atom stereocenters. The van der Waals surface area contributed by atoms with Crippen LogP contribution in [0, 0.1) is 11.6 Å². The van der Waals surface area contributed by atoms with Crippen molar-refractivity contribution in [2.75, 3.05) is 36.4 Å². The third-order valence-corrected chi connectivity index (χ3v) is 6.57. The number of carbonyl (C=O) groups excluding carboxylic acids is 2. The van der Waals surface area contributed by atoms with Crippen LogP contribution in [-0.4, -0.2) is 63.8 Å². The van der Waals surface area contributed by atoms with Gasteiger partial charge >= 0.3 is 0 Å². The lowest BCUT2D eigenvalue weighted by atomic mass is 10.0. The number of piperazine rings is 1. The highest BCUT2D eigenvalue weighted by molar-refractivity contribution is 5.95. The Morgan fingerprint density at radius 2 is 1.94 bits per heavy atom. The van der Waals surface area contributed by atoms with E-state index < -0.39 is 5.82 Å². The van der Waals surface area contributed by atoms with E-state index >= 15 is 0 Å². The largest absolute Gasteiger partial charge is 0.348 e. The van der Waals surface area contributed by atoms with Crippen LogP contribution < -0.4 is 10.2 Å². The molecule has 182 valence electrons. The molecule has 2 aliphatic heterocycles. The van der Waals surface area contributed by atoms with Crippen LogP contribution in [0.2, 0.25) is 0 Å². The number of halogens is 2. The molecule has 0 radical (unpaired) electrons. The van der Waals surface area contributed by atoms with Gasteiger partial charge in [0.2, 0.25) is 17.8 Å². The Labute approximate surface area is 198 Å². The Morgan fingerprint density at radius 1 is 1.21 bits per heavy atom. The zero-order chi connectivity index (χ0) is 24.4. The van der Waals surface area contributed by atoms with Gasteiger partial charge < -0.3 is 10.2 Å². The van der Waals surface area contributed by atoms with Crippen molar-refractivity contribution >= 4 is 23.6 Å². The van der Waals surface area contributed by atoms with Crippen molar-refractivity contribution < 1.29 is 18.4 Å². The van der Waals surface area contributed by atoms with Gasteiger partial charge in [-0.2, -0.15) is 4.98 Å². The third-order valence-electron chi connectivity index (χ3n) is 6.57. The highest BCUT2D eigenvalue weighted by atomic mass is 19.1. The van der Waals surface area contributed by atoms with Crippen LogP contribution in [0.15, 0.2) is 24.4 Å². The molecule has 3 heterocycles. The van der Waals surface area contributed by atoms with Gasteiger partial charge in [-0.1, -0.05) is 12.1 Å². The van der Waals surface area contributed by atoms with Gasteiger partial charge in [-0.15, -0.1) is 0 Å². The Balaban J connectivity index is 1.41. The molecule has 1 N–H and O–H groups in total. The number of carbonyl (C=O) groups is 2. The first-order valence-corrected chi connectivity index (χ1v) is 11.6. The first kappa shape index (κ1) is 24.0. The summed E-state index contributed by atoms with van der Waals surface area (Å²) in [4.78, 5) is 37.2. The molecule has 2 aromatic rings. The van der Waals surface area contributed by atoms with Gasteiger partial charge in [0.15, 0.2) is 11.6 Å². The zero-order valence-corrected chi connectivity index (χ0v) is 19.7. The number of nitrogens with one attached hydrogen (secondary N) is 1. The molecule has 10 heteroatoms. The molecule has 1 unspecified atom stereocenters. The summed E-state index contributed by atoms with van der Waals surface area (Å²) in [5.74, 6) is -0.924. The highest BCUT2D eigenvalue weighted by Gasteiger charge is 2.32. The second-order valence-corrected chi connectivity index (χ2v) is 9.02. The number of hydrogen-bond acceptors (Lipinski definition) is 6. The molecular formula is C24H30F2N6O2. The maximum absolute atomic E-state index is 14.9. The molecule has 34 heavy (non-hydrogen) atoms. The quantitative estimate of drug-likeness (QED) is 0.696. The van der Waals surface area contributed by atoms with E-state index in [4.69, 9.17) is 0 Å². The molecule has 8 nitrogen and oxygen atoms in total. The third kappa shape index (κ3) is 5.16. The van der Waals surface area contributed by atoms with E-state index in [1.165, 1.54) is 11.0 Å². The molecule has 1 aromatic carbocycles. The fraction of sp³-hybridized carbons (Fsp3) is 0.500. The molecule has 0 aliphatic carbocycles. The zero-order valence-electron chi connectivity index (χ0n) is 19.7. The monoisotopic (exact) mass is 472 g/mol. The van der Waals surface area contributed by atoms with Gasteiger partial charge in [0.1, 0.15) is 5.82 Å². The fourth-order valence-electron chi connectivity index (χ4n) is 4.45. The molecule has 0 bridgehead atoms. The number of aromatic nitrogens is 2. The van der Waals surface area contributed by atoms with Crippen LogP contribution in [-0.2, 0) is 16.1 Å². The van der Waals surface area contributed by atoms with Crippen molar-refractivity contribution in [1.29, 1.82) is 0 Å². The van der Waals surface area contributed by atoms with Crippen LogP contribution >= 0.6 is 0 Å². The Kier molecular flexibility index (Phi) is 7.06. The SMILES string of the molecule is CC(=O)N1CCN(Cc2ccc([C@H](C)Nc3ncc(F)c(N4C(=O)CCC4C)n3)cc2F)CC1. The maximum atomic E-state index is 14.9. The van der Waals surface area contributed by atoms with Crippen molar-refractivity contribution in [3.63, 3.8) is 0 Å². The van der Waals surface area contributed by atoms with Crippen LogP contribution in [0.1, 0.15) is 50.8 Å². The number of hydrogen-bond donors (Lipinski definition) is 1. The summed E-state index contributed by atoms with van der Waals surface area (Å²) in [6.07, 6.45) is 2.06. The summed E-state index contributed by atoms with van der Waals surface area (Å²) in [6.45, 7) is 8.46. The minimum Gasteiger partial charge on any atom is -0.348 e. The Bertz CT molecular complexity index is 1070. The lowest BCUT2D eigenvalue weighted by Gasteiger charge is -2.34. The van der Waals surface area contributed by atoms with Gasteiger partial charge in [0, 0.05) is 57.7 Å². The second kappa shape index (κ2) is 10.0. The Morgan fingerprint density at radius 3 is 2.56 bits per heavy atom. The van der Waals surface area contributed by atoms with E-state index in [-0.39, 0.29) is 41.5 Å². The molecule has 0 spiro atoms. The van der Waals surface area contributed by atoms with E-state index in [1.54, 1.807) is 17.9 Å². The van der Waals surface area contributed by atoms with E-state index in [1.807, 2.05) is 19.9 Å². The van der Waals surface area contributed by atoms with Crippen LogP contribution in [0.4, 0.5) is 20.5 Å². The minimum absolute atomic E-state index is 0.0360. The first-order valence-electron chi connectivity index (χ1n) is 11.6. The van der Waals surface area contributed by atoms with Crippen molar-refractivity contribution in [2.24, 2.45) is 0 Å². The highest BCUT2D eigenvalue weighted by Crippen LogP contribution is 2.28. The van der Waals surface area contributed by atoms with E-state index in [2.05, 4.69) is 20.2 Å². The molecule has 2 amide bonds. The standard InChI is InChI=1S/C24H30F2N6O2/c1-15-4-7-22(34)32(15)23-21(26)13-27-24(29-23)28-16(2)18-5-6-19(20(25)12-18)14-30-8-10-31(11-9-30)17(3)33/h5-6,12-13,15-16H,4,7-11,14H2,1-3H3,(H,27,28,29)/t15?,16-/m0/s1. The minimum atomic E-state index is -0.653. The predicted molar refractivity (Wildman–Crippen MR) is 124 cm³/mol. The number of benzene rings is 1. The van der Waals surface area contributed by atoms with E-state index in [0.29, 0.717) is 56.7 Å². The number of amides is 2. The second-order valence-electron chi connectivity index (χ2n) is 9.02. The topological polar surface area (TPSA) is 81.7 Å². The summed E-state index contributed by atoms with van der Waals surface area (Å²) in [5.41, 5.74) is 1.29. The van der Waals surface area contributed by atoms with Crippen molar-refractivity contribution in [2.45, 2.75) is 52.2 Å². The van der Waals surface area contributed by atoms with Gasteiger partial charge in [-0.25, -0.2) is 13.8 Å². The Hall–Kier alpha value is -3.14. The molecule has 2 fully saturated rings. The lowest BCUT2D eigenvalue weighted by Crippen LogP contribution is -2.47. The summed E-state index contributed by atoms with van der Waals surface area (Å²) < 4.78 is 29.2. The average molecular weight is 473 g/mol. The summed E-state index contributed by atoms with van der Waals surface area (Å²) >= 11 is 0. The molecule has 0 saturated carbocycles. The van der Waals surface area contributed by atoms with Crippen LogP contribution in [0.5, 0.6) is 0 Å². The number of rotatable bonds is 6. The van der Waals surface area contributed by atoms with Crippen LogP contribution in [0.25, 0.3) is 0 Å². The first-order chi connectivity index (χ1) is 16.2. The maximum Gasteiger partial charge on any atom is 0.228 e. The molecule has 2 aliphatic rings. The molecule has 2 saturated heterocycles.